The van der Waals surface area contributed by atoms with Crippen LogP contribution in [-0.2, 0) is 0 Å². The van der Waals surface area contributed by atoms with Gasteiger partial charge in [0.1, 0.15) is 0 Å². The van der Waals surface area contributed by atoms with Crippen LogP contribution in [0.4, 0.5) is 0 Å². The molecule has 4 heavy (non-hydrogen) atoms. The lowest BCUT2D eigenvalue weighted by molar-refractivity contribution is 0.163. The monoisotopic (exact) mass is 60.0 g/mol. The third-order valence-corrected chi connectivity index (χ3v) is 0.0447. The van der Waals surface area contributed by atoms with E-state index in [0.29, 0.717) is 0 Å². The fourth-order valence-electron chi connectivity index (χ4n) is 0. The van der Waals surface area contributed by atoms with Crippen LogP contribution >= 0.6 is 0 Å². The van der Waals surface area contributed by atoms with Gasteiger partial charge in [0.25, 0.3) is 0 Å². The molecule has 0 aromatic heterocycles. The molecule has 0 rings (SSSR count). The largest absolute Gasteiger partial charge is 0.273 e. The average molecular weight is 60.0 g/mol. The molecule has 0 heterocycles. The van der Waals surface area contributed by atoms with Gasteiger partial charge >= 0.3 is 0 Å². The Labute approximate surface area is 22.9 Å². The van der Waals surface area contributed by atoms with Crippen molar-refractivity contribution >= 4 is 0 Å². The minimum Gasteiger partial charge on any atom is -0.273 e. The van der Waals surface area contributed by atoms with Gasteiger partial charge in [-0.25, -0.2) is 0 Å². The summed E-state index contributed by atoms with van der Waals surface area (Å²) < 4.78 is 0. The SMILES string of the molecule is [N]=NNO. The second kappa shape index (κ2) is 2.36. The number of hydrogen-bond donors (Lipinski definition) is 2. The van der Waals surface area contributed by atoms with E-state index in [9.17, 15) is 0 Å². The summed E-state index contributed by atoms with van der Waals surface area (Å²) in [5.41, 5.74) is 8.25. The number of hydrogen-bond acceptors (Lipinski definition) is 2. The molecule has 0 unspecified atom stereocenters. The van der Waals surface area contributed by atoms with E-state index in [1.807, 2.05) is 5.22 Å². The van der Waals surface area contributed by atoms with Crippen LogP contribution in [0.1, 0.15) is 0 Å². The van der Waals surface area contributed by atoms with Gasteiger partial charge in [-0.3, -0.25) is 5.21 Å². The third-order valence-electron chi connectivity index (χ3n) is 0.0447. The van der Waals surface area contributed by atoms with Gasteiger partial charge in [-0.1, -0.05) is 0 Å². The van der Waals surface area contributed by atoms with Gasteiger partial charge in [0, 0.05) is 0 Å². The first kappa shape index (κ1) is 3.36. The van der Waals surface area contributed by atoms with Crippen LogP contribution in [0.5, 0.6) is 0 Å². The summed E-state index contributed by atoms with van der Waals surface area (Å²) in [6.07, 6.45) is 0. The van der Waals surface area contributed by atoms with Crippen molar-refractivity contribution in [2.45, 2.75) is 0 Å². The topological polar surface area (TPSA) is 66.9 Å². The molecular weight excluding hydrogens is 58.0 g/mol. The standard InChI is InChI=1S/H2N3O/c1-2-3-4/h3-4H. The Morgan fingerprint density at radius 2 is 2.25 bits per heavy atom. The van der Waals surface area contributed by atoms with Crippen LogP contribution in [0.2, 0.25) is 0 Å². The van der Waals surface area contributed by atoms with E-state index < -0.39 is 0 Å². The van der Waals surface area contributed by atoms with Crippen molar-refractivity contribution in [2.75, 3.05) is 0 Å². The number of nitrogens with one attached hydrogen (secondary N) is 1. The molecule has 0 saturated carbocycles. The zero-order valence-corrected chi connectivity index (χ0v) is 1.84. The fourth-order valence-corrected chi connectivity index (χ4v) is 0. The van der Waals surface area contributed by atoms with Crippen molar-refractivity contribution in [2.24, 2.45) is 5.22 Å². The fraction of sp³-hybridized carbons (Fsp3) is 0. The van der Waals surface area contributed by atoms with E-state index >= 15 is 0 Å². The van der Waals surface area contributed by atoms with Crippen LogP contribution in [0.3, 0.4) is 0 Å². The Morgan fingerprint density at radius 3 is 2.25 bits per heavy atom. The lowest BCUT2D eigenvalue weighted by atomic mass is 12.7. The maximum atomic E-state index is 7.21. The predicted octanol–water partition coefficient (Wildman–Crippen LogP) is -0.868. The Kier molecular flexibility index (Phi) is 1.98. The van der Waals surface area contributed by atoms with E-state index in [2.05, 4.69) is 0 Å². The third kappa shape index (κ3) is 1.36. The normalized spacial score (nSPS) is 5.25. The second-order valence-corrected chi connectivity index (χ2v) is 0.200. The quantitative estimate of drug-likeness (QED) is 0.305. The molecule has 4 heteroatoms. The summed E-state index contributed by atoms with van der Waals surface area (Å²) in [5.74, 6) is 0. The first-order valence-corrected chi connectivity index (χ1v) is 0.647. The van der Waals surface area contributed by atoms with Crippen LogP contribution in [0.25, 0.3) is 0 Å². The smallest absolute Gasteiger partial charge is 0.00188 e. The molecule has 0 saturated heterocycles. The van der Waals surface area contributed by atoms with Gasteiger partial charge in [0.15, 0.2) is 0 Å². The molecule has 0 amide bonds. The summed E-state index contributed by atoms with van der Waals surface area (Å²) >= 11 is 0. The summed E-state index contributed by atoms with van der Waals surface area (Å²) in [5, 5.41) is 9.25. The van der Waals surface area contributed by atoms with Crippen molar-refractivity contribution in [1.82, 2.24) is 11.1 Å². The van der Waals surface area contributed by atoms with Gasteiger partial charge in [0.05, 0.1) is 0 Å². The Hall–Kier alpha value is -0.640. The van der Waals surface area contributed by atoms with E-state index in [1.165, 1.54) is 0 Å². The van der Waals surface area contributed by atoms with E-state index in [1.54, 1.807) is 0 Å². The molecule has 0 aromatic carbocycles. The Bertz CT molecular complexity index is 17.2. The summed E-state index contributed by atoms with van der Waals surface area (Å²) in [4.78, 5) is 0. The van der Waals surface area contributed by atoms with Gasteiger partial charge in [-0.15, -0.1) is 0 Å². The molecule has 0 aliphatic rings. The first-order chi connectivity index (χ1) is 1.91. The molecule has 4 nitrogen and oxygen atoms in total. The number of nitrogens with zero attached hydrogens (tertiary/aromatic N) is 2. The maximum Gasteiger partial charge on any atom is -0.00188 e. The molecule has 23 valence electrons. The van der Waals surface area contributed by atoms with Crippen LogP contribution in [0, 0.1) is 0 Å². The van der Waals surface area contributed by atoms with Crippen molar-refractivity contribution in [3.05, 3.63) is 0 Å². The maximum absolute atomic E-state index is 7.21. The van der Waals surface area contributed by atoms with Gasteiger partial charge < -0.3 is 0 Å². The van der Waals surface area contributed by atoms with E-state index in [-0.39, 0.29) is 0 Å². The molecule has 0 bridgehead atoms. The molecule has 0 spiro atoms. The minimum absolute atomic E-state index is 1.11. The molecule has 0 aromatic rings. The van der Waals surface area contributed by atoms with Gasteiger partial charge in [0.2, 0.25) is 0 Å². The first-order valence-electron chi connectivity index (χ1n) is 0.647. The Morgan fingerprint density at radius 1 is 2.00 bits per heavy atom. The zero-order chi connectivity index (χ0) is 3.41. The second-order valence-electron chi connectivity index (χ2n) is 0.200. The molecular formula is H2N3O. The highest BCUT2D eigenvalue weighted by Gasteiger charge is 1.39. The minimum atomic E-state index is 1.11. The summed E-state index contributed by atoms with van der Waals surface area (Å²) in [6, 6.07) is 0. The van der Waals surface area contributed by atoms with Crippen molar-refractivity contribution in [1.29, 1.82) is 0 Å². The van der Waals surface area contributed by atoms with Crippen LogP contribution in [0.15, 0.2) is 5.22 Å². The van der Waals surface area contributed by atoms with E-state index in [4.69, 9.17) is 10.7 Å². The van der Waals surface area contributed by atoms with Crippen molar-refractivity contribution < 1.29 is 5.21 Å². The lowest BCUT2D eigenvalue weighted by Gasteiger charge is -1.65. The van der Waals surface area contributed by atoms with Crippen LogP contribution < -0.4 is 11.1 Å². The zero-order valence-electron chi connectivity index (χ0n) is 1.84. The Balaban J connectivity index is 2.30. The molecule has 0 aliphatic carbocycles. The molecule has 0 atom stereocenters. The lowest BCUT2D eigenvalue weighted by Crippen LogP contribution is -1.90. The summed E-state index contributed by atoms with van der Waals surface area (Å²) in [6.45, 7) is 0. The highest BCUT2D eigenvalue weighted by molar-refractivity contribution is 3.65. The molecule has 0 fully saturated rings. The van der Waals surface area contributed by atoms with E-state index in [0.717, 1.165) is 5.59 Å². The van der Waals surface area contributed by atoms with Crippen molar-refractivity contribution in [3.63, 3.8) is 0 Å². The molecule has 2 N–H and O–H groups in total. The average Bonchev–Trinajstić information content (AvgIpc) is 1.37. The van der Waals surface area contributed by atoms with Gasteiger partial charge in [-0.2, -0.15) is 5.59 Å². The number of rotatable bonds is 1. The highest BCUT2D eigenvalue weighted by atomic mass is 16.5. The van der Waals surface area contributed by atoms with Crippen LogP contribution in [-0.4, -0.2) is 5.21 Å². The summed E-state index contributed by atoms with van der Waals surface area (Å²) in [7, 11) is 0. The highest BCUT2D eigenvalue weighted by Crippen LogP contribution is 1.24. The van der Waals surface area contributed by atoms with Crippen molar-refractivity contribution in [3.8, 4) is 0 Å². The molecule has 0 aliphatic heterocycles. The molecule has 1 radical (unpaired) electrons. The van der Waals surface area contributed by atoms with Gasteiger partial charge in [-0.05, 0) is 10.8 Å². The predicted molar refractivity (Wildman–Crippen MR) is 9.48 cm³/mol.